The molecular formula is C25H41NO4S. The van der Waals surface area contributed by atoms with E-state index in [4.69, 9.17) is 9.47 Å². The van der Waals surface area contributed by atoms with Crippen molar-refractivity contribution < 1.29 is 14.4 Å². The number of unbranched alkanes of at least 4 members (excludes halogenated alkanes) is 8. The summed E-state index contributed by atoms with van der Waals surface area (Å²) in [5, 5.41) is 11.0. The van der Waals surface area contributed by atoms with Crippen LogP contribution in [0.4, 0.5) is 0 Å². The van der Waals surface area contributed by atoms with Gasteiger partial charge < -0.3 is 9.47 Å². The van der Waals surface area contributed by atoms with Crippen LogP contribution in [-0.2, 0) is 12.8 Å². The molecule has 1 unspecified atom stereocenters. The molecule has 0 aromatic heterocycles. The van der Waals surface area contributed by atoms with Crippen molar-refractivity contribution in [3.63, 3.8) is 0 Å². The van der Waals surface area contributed by atoms with Gasteiger partial charge in [-0.1, -0.05) is 51.5 Å². The molecule has 0 aliphatic rings. The van der Waals surface area contributed by atoms with Crippen LogP contribution in [0.2, 0.25) is 0 Å². The Kier molecular flexibility index (Phi) is 14.1. The van der Waals surface area contributed by atoms with Gasteiger partial charge in [-0.15, -0.1) is 11.8 Å². The molecule has 0 saturated heterocycles. The quantitative estimate of drug-likeness (QED) is 0.134. The van der Waals surface area contributed by atoms with Crippen LogP contribution < -0.4 is 9.47 Å². The Morgan fingerprint density at radius 2 is 1.45 bits per heavy atom. The Morgan fingerprint density at radius 1 is 0.968 bits per heavy atom. The van der Waals surface area contributed by atoms with E-state index < -0.39 is 6.04 Å². The van der Waals surface area contributed by atoms with Crippen molar-refractivity contribution in [1.29, 1.82) is 0 Å². The van der Waals surface area contributed by atoms with E-state index >= 15 is 0 Å². The minimum absolute atomic E-state index is 0.261. The molecule has 0 bridgehead atoms. The predicted octanol–water partition coefficient (Wildman–Crippen LogP) is 7.23. The van der Waals surface area contributed by atoms with Gasteiger partial charge in [-0.05, 0) is 54.5 Å². The number of benzene rings is 1. The number of methoxy groups -OCH3 is 2. The van der Waals surface area contributed by atoms with Crippen LogP contribution in [0.25, 0.3) is 0 Å². The molecule has 5 nitrogen and oxygen atoms in total. The zero-order valence-corrected chi connectivity index (χ0v) is 20.7. The van der Waals surface area contributed by atoms with Crippen LogP contribution in [0, 0.1) is 10.1 Å². The molecule has 31 heavy (non-hydrogen) atoms. The summed E-state index contributed by atoms with van der Waals surface area (Å²) in [7, 11) is 3.27. The number of rotatable bonds is 18. The van der Waals surface area contributed by atoms with Gasteiger partial charge in [-0.3, -0.25) is 10.1 Å². The summed E-state index contributed by atoms with van der Waals surface area (Å²) < 4.78 is 11.1. The van der Waals surface area contributed by atoms with E-state index in [0.717, 1.165) is 29.7 Å². The standard InChI is InChI=1S/C25H41NO4S/c1-20(2)31-16-14-12-10-8-6-7-9-11-13-15-22-18-25(30-5)23(19-24(22)29-4)17-21(3)26(27)28/h18-19,21H,1,6-17H2,2-5H3. The van der Waals surface area contributed by atoms with Crippen molar-refractivity contribution in [3.8, 4) is 11.5 Å². The van der Waals surface area contributed by atoms with Gasteiger partial charge in [0.05, 0.1) is 14.2 Å². The van der Waals surface area contributed by atoms with Gasteiger partial charge in [0.15, 0.2) is 0 Å². The zero-order valence-electron chi connectivity index (χ0n) is 19.9. The number of ether oxygens (including phenoxy) is 2. The number of hydrogen-bond donors (Lipinski definition) is 0. The summed E-state index contributed by atoms with van der Waals surface area (Å²) in [5.41, 5.74) is 1.94. The van der Waals surface area contributed by atoms with Gasteiger partial charge in [0, 0.05) is 23.8 Å². The van der Waals surface area contributed by atoms with Crippen molar-refractivity contribution in [3.05, 3.63) is 44.9 Å². The van der Waals surface area contributed by atoms with Crippen LogP contribution in [0.5, 0.6) is 11.5 Å². The molecule has 0 N–H and O–H groups in total. The van der Waals surface area contributed by atoms with E-state index in [9.17, 15) is 10.1 Å². The second-order valence-electron chi connectivity index (χ2n) is 8.30. The number of nitro groups is 1. The lowest BCUT2D eigenvalue weighted by atomic mass is 9.99. The summed E-state index contributed by atoms with van der Waals surface area (Å²) in [4.78, 5) is 12.0. The lowest BCUT2D eigenvalue weighted by Gasteiger charge is -2.15. The molecule has 0 heterocycles. The number of allylic oxidation sites excluding steroid dienone is 1. The third-order valence-corrected chi connectivity index (χ3v) is 6.48. The number of hydrogen-bond acceptors (Lipinski definition) is 5. The monoisotopic (exact) mass is 451 g/mol. The normalized spacial score (nSPS) is 11.9. The predicted molar refractivity (Wildman–Crippen MR) is 132 cm³/mol. The van der Waals surface area contributed by atoms with E-state index in [2.05, 4.69) is 13.5 Å². The number of thioether (sulfide) groups is 1. The fourth-order valence-corrected chi connectivity index (χ4v) is 4.37. The molecule has 0 fully saturated rings. The van der Waals surface area contributed by atoms with Gasteiger partial charge in [-0.25, -0.2) is 0 Å². The van der Waals surface area contributed by atoms with Crippen LogP contribution >= 0.6 is 11.8 Å². The Balaban J connectivity index is 2.32. The summed E-state index contributed by atoms with van der Waals surface area (Å²) in [6.45, 7) is 7.61. The first kappa shape index (κ1) is 27.3. The molecule has 1 atom stereocenters. The molecule has 1 rings (SSSR count). The largest absolute Gasteiger partial charge is 0.496 e. The van der Waals surface area contributed by atoms with Gasteiger partial charge in [0.1, 0.15) is 11.5 Å². The molecule has 0 spiro atoms. The minimum atomic E-state index is -0.653. The highest BCUT2D eigenvalue weighted by Gasteiger charge is 2.19. The van der Waals surface area contributed by atoms with E-state index in [0.29, 0.717) is 12.2 Å². The maximum Gasteiger partial charge on any atom is 0.214 e. The van der Waals surface area contributed by atoms with Crippen molar-refractivity contribution in [2.24, 2.45) is 0 Å². The second kappa shape index (κ2) is 16.0. The summed E-state index contributed by atoms with van der Waals surface area (Å²) in [5.74, 6) is 2.72. The van der Waals surface area contributed by atoms with Gasteiger partial charge in [-0.2, -0.15) is 0 Å². The fraction of sp³-hybridized carbons (Fsp3) is 0.680. The maximum absolute atomic E-state index is 11.0. The van der Waals surface area contributed by atoms with Crippen LogP contribution in [0.1, 0.15) is 82.8 Å². The lowest BCUT2D eigenvalue weighted by molar-refractivity contribution is -0.517. The smallest absolute Gasteiger partial charge is 0.214 e. The van der Waals surface area contributed by atoms with Crippen LogP contribution in [0.15, 0.2) is 23.6 Å². The van der Waals surface area contributed by atoms with Crippen LogP contribution in [0.3, 0.4) is 0 Å². The average Bonchev–Trinajstić information content (AvgIpc) is 2.74. The molecule has 0 aliphatic carbocycles. The van der Waals surface area contributed by atoms with E-state index in [1.807, 2.05) is 23.9 Å². The molecule has 0 saturated carbocycles. The average molecular weight is 452 g/mol. The zero-order chi connectivity index (χ0) is 23.1. The highest BCUT2D eigenvalue weighted by atomic mass is 32.2. The summed E-state index contributed by atoms with van der Waals surface area (Å²) in [6, 6.07) is 3.25. The highest BCUT2D eigenvalue weighted by Crippen LogP contribution is 2.31. The summed E-state index contributed by atoms with van der Waals surface area (Å²) >= 11 is 1.88. The molecule has 6 heteroatoms. The molecule has 176 valence electrons. The topological polar surface area (TPSA) is 61.6 Å². The third-order valence-electron chi connectivity index (χ3n) is 5.50. The van der Waals surface area contributed by atoms with E-state index in [1.165, 1.54) is 62.0 Å². The van der Waals surface area contributed by atoms with Crippen molar-refractivity contribution in [1.82, 2.24) is 0 Å². The Bertz CT molecular complexity index is 678. The Hall–Kier alpha value is -1.69. The van der Waals surface area contributed by atoms with Gasteiger partial charge >= 0.3 is 0 Å². The third kappa shape index (κ3) is 11.5. The first-order valence-electron chi connectivity index (χ1n) is 11.5. The number of aryl methyl sites for hydroxylation is 1. The first-order chi connectivity index (χ1) is 14.9. The molecule has 1 aromatic rings. The number of nitrogens with zero attached hydrogens (tertiary/aromatic N) is 1. The highest BCUT2D eigenvalue weighted by molar-refractivity contribution is 8.03. The van der Waals surface area contributed by atoms with Crippen LogP contribution in [-0.4, -0.2) is 30.9 Å². The van der Waals surface area contributed by atoms with Crippen molar-refractivity contribution >= 4 is 11.8 Å². The maximum atomic E-state index is 11.0. The summed E-state index contributed by atoms with van der Waals surface area (Å²) in [6.07, 6.45) is 12.8. The van der Waals surface area contributed by atoms with E-state index in [-0.39, 0.29) is 4.92 Å². The second-order valence-corrected chi connectivity index (χ2v) is 9.69. The molecular weight excluding hydrogens is 410 g/mol. The minimum Gasteiger partial charge on any atom is -0.496 e. The van der Waals surface area contributed by atoms with Crippen molar-refractivity contribution in [2.45, 2.75) is 90.5 Å². The molecule has 0 amide bonds. The fourth-order valence-electron chi connectivity index (χ4n) is 3.67. The first-order valence-corrected chi connectivity index (χ1v) is 12.5. The molecule has 1 aromatic carbocycles. The molecule has 0 aliphatic heterocycles. The van der Waals surface area contributed by atoms with E-state index in [1.54, 1.807) is 21.1 Å². The van der Waals surface area contributed by atoms with Crippen molar-refractivity contribution in [2.75, 3.05) is 20.0 Å². The molecule has 0 radical (unpaired) electrons. The Morgan fingerprint density at radius 3 is 1.97 bits per heavy atom. The van der Waals surface area contributed by atoms with Gasteiger partial charge in [0.25, 0.3) is 0 Å². The Labute approximate surface area is 193 Å². The SMILES string of the molecule is C=C(C)SCCCCCCCCCCCc1cc(OC)c(CC(C)[N+](=O)[O-])cc1OC. The lowest BCUT2D eigenvalue weighted by Crippen LogP contribution is -2.18. The van der Waals surface area contributed by atoms with Gasteiger partial charge in [0.2, 0.25) is 6.04 Å².